The molecule has 0 aliphatic carbocycles. The summed E-state index contributed by atoms with van der Waals surface area (Å²) in [5, 5.41) is 0. The lowest BCUT2D eigenvalue weighted by molar-refractivity contribution is 0.355. The fourth-order valence-electron chi connectivity index (χ4n) is 2.07. The molecule has 102 valence electrons. The fourth-order valence-corrected chi connectivity index (χ4v) is 2.07. The van der Waals surface area contributed by atoms with Crippen molar-refractivity contribution in [1.82, 2.24) is 9.97 Å². The Morgan fingerprint density at radius 1 is 1.21 bits per heavy atom. The zero-order chi connectivity index (χ0) is 14.0. The number of hydrogen-bond acceptors (Lipinski definition) is 4. The number of methoxy groups -OCH3 is 2. The summed E-state index contributed by atoms with van der Waals surface area (Å²) < 4.78 is 10.5. The Morgan fingerprint density at radius 3 is 2.37 bits per heavy atom. The lowest BCUT2D eigenvalue weighted by Gasteiger charge is -2.11. The maximum atomic E-state index is 6.06. The van der Waals surface area contributed by atoms with Crippen LogP contribution in [0.5, 0.6) is 11.5 Å². The van der Waals surface area contributed by atoms with Gasteiger partial charge in [0.05, 0.1) is 19.9 Å². The van der Waals surface area contributed by atoms with Crippen LogP contribution >= 0.6 is 0 Å². The van der Waals surface area contributed by atoms with Crippen LogP contribution in [0.2, 0.25) is 0 Å². The SMILES string of the molecule is CCc1nc(-c2cc(OC)c(OC)cc2N)[nH]c1C. The second kappa shape index (κ2) is 5.22. The normalized spacial score (nSPS) is 10.5. The third-order valence-electron chi connectivity index (χ3n) is 3.13. The molecule has 0 saturated carbocycles. The number of hydrogen-bond donors (Lipinski definition) is 2. The molecule has 0 fully saturated rings. The Hall–Kier alpha value is -2.17. The number of imidazole rings is 1. The van der Waals surface area contributed by atoms with E-state index in [1.807, 2.05) is 13.0 Å². The van der Waals surface area contributed by atoms with Crippen molar-refractivity contribution in [3.05, 3.63) is 23.5 Å². The van der Waals surface area contributed by atoms with Crippen molar-refractivity contribution in [3.8, 4) is 22.9 Å². The average Bonchev–Trinajstić information content (AvgIpc) is 2.79. The van der Waals surface area contributed by atoms with Crippen LogP contribution in [-0.4, -0.2) is 24.2 Å². The molecule has 2 rings (SSSR count). The van der Waals surface area contributed by atoms with Gasteiger partial charge in [-0.05, 0) is 19.4 Å². The lowest BCUT2D eigenvalue weighted by atomic mass is 10.1. The van der Waals surface area contributed by atoms with E-state index >= 15 is 0 Å². The second-order valence-electron chi connectivity index (χ2n) is 4.31. The molecule has 5 heteroatoms. The zero-order valence-corrected chi connectivity index (χ0v) is 11.7. The van der Waals surface area contributed by atoms with Crippen LogP contribution in [0.4, 0.5) is 5.69 Å². The molecule has 0 aliphatic heterocycles. The highest BCUT2D eigenvalue weighted by molar-refractivity contribution is 5.76. The van der Waals surface area contributed by atoms with Gasteiger partial charge in [-0.15, -0.1) is 0 Å². The van der Waals surface area contributed by atoms with Crippen LogP contribution in [0.15, 0.2) is 12.1 Å². The first kappa shape index (κ1) is 13.3. The molecule has 0 spiro atoms. The summed E-state index contributed by atoms with van der Waals surface area (Å²) in [4.78, 5) is 7.81. The average molecular weight is 261 g/mol. The third-order valence-corrected chi connectivity index (χ3v) is 3.13. The van der Waals surface area contributed by atoms with E-state index < -0.39 is 0 Å². The van der Waals surface area contributed by atoms with Gasteiger partial charge in [0, 0.05) is 23.0 Å². The Bertz CT molecular complexity index is 591. The van der Waals surface area contributed by atoms with E-state index in [1.165, 1.54) is 0 Å². The van der Waals surface area contributed by atoms with Crippen molar-refractivity contribution in [2.24, 2.45) is 0 Å². The number of H-pyrrole nitrogens is 1. The standard InChI is InChI=1S/C14H19N3O2/c1-5-11-8(2)16-14(17-11)9-6-12(18-3)13(19-4)7-10(9)15/h6-7H,5,15H2,1-4H3,(H,16,17). The summed E-state index contributed by atoms with van der Waals surface area (Å²) in [5.41, 5.74) is 9.59. The summed E-state index contributed by atoms with van der Waals surface area (Å²) in [6.07, 6.45) is 0.884. The van der Waals surface area contributed by atoms with E-state index in [1.54, 1.807) is 20.3 Å². The molecule has 0 bridgehead atoms. The van der Waals surface area contributed by atoms with Crippen LogP contribution in [0.25, 0.3) is 11.4 Å². The third kappa shape index (κ3) is 2.36. The zero-order valence-electron chi connectivity index (χ0n) is 11.7. The number of aromatic nitrogens is 2. The number of anilines is 1. The van der Waals surface area contributed by atoms with Gasteiger partial charge in [-0.1, -0.05) is 6.92 Å². The van der Waals surface area contributed by atoms with Crippen LogP contribution in [-0.2, 0) is 6.42 Å². The van der Waals surface area contributed by atoms with Gasteiger partial charge in [0.15, 0.2) is 11.5 Å². The van der Waals surface area contributed by atoms with Crippen LogP contribution < -0.4 is 15.2 Å². The smallest absolute Gasteiger partial charge is 0.162 e. The summed E-state index contributed by atoms with van der Waals surface area (Å²) in [6, 6.07) is 3.59. The topological polar surface area (TPSA) is 73.2 Å². The molecule has 1 heterocycles. The number of aromatic amines is 1. The summed E-state index contributed by atoms with van der Waals surface area (Å²) >= 11 is 0. The molecule has 0 aliphatic rings. The van der Waals surface area contributed by atoms with Crippen molar-refractivity contribution in [2.75, 3.05) is 20.0 Å². The van der Waals surface area contributed by atoms with Crippen LogP contribution in [0, 0.1) is 6.92 Å². The molecular weight excluding hydrogens is 242 g/mol. The van der Waals surface area contributed by atoms with E-state index in [9.17, 15) is 0 Å². The number of nitrogen functional groups attached to an aromatic ring is 1. The van der Waals surface area contributed by atoms with Gasteiger partial charge in [-0.3, -0.25) is 0 Å². The number of aryl methyl sites for hydroxylation is 2. The van der Waals surface area contributed by atoms with Crippen LogP contribution in [0.3, 0.4) is 0 Å². The minimum Gasteiger partial charge on any atom is -0.493 e. The molecule has 0 unspecified atom stereocenters. The molecule has 1 aromatic carbocycles. The first-order valence-electron chi connectivity index (χ1n) is 6.18. The minimum atomic E-state index is 0.606. The highest BCUT2D eigenvalue weighted by atomic mass is 16.5. The number of nitrogens with zero attached hydrogens (tertiary/aromatic N) is 1. The van der Waals surface area contributed by atoms with Crippen molar-refractivity contribution >= 4 is 5.69 Å². The quantitative estimate of drug-likeness (QED) is 0.829. The van der Waals surface area contributed by atoms with Gasteiger partial charge in [0.2, 0.25) is 0 Å². The van der Waals surface area contributed by atoms with E-state index in [0.717, 1.165) is 29.2 Å². The molecule has 1 aromatic heterocycles. The van der Waals surface area contributed by atoms with Crippen LogP contribution in [0.1, 0.15) is 18.3 Å². The maximum absolute atomic E-state index is 6.06. The summed E-state index contributed by atoms with van der Waals surface area (Å²) in [7, 11) is 3.19. The van der Waals surface area contributed by atoms with E-state index in [-0.39, 0.29) is 0 Å². The Labute approximate surface area is 112 Å². The number of nitrogens with two attached hydrogens (primary N) is 1. The largest absolute Gasteiger partial charge is 0.493 e. The van der Waals surface area contributed by atoms with E-state index in [2.05, 4.69) is 16.9 Å². The van der Waals surface area contributed by atoms with Crippen molar-refractivity contribution < 1.29 is 9.47 Å². The molecule has 5 nitrogen and oxygen atoms in total. The van der Waals surface area contributed by atoms with Gasteiger partial charge in [0.25, 0.3) is 0 Å². The van der Waals surface area contributed by atoms with Gasteiger partial charge in [-0.2, -0.15) is 0 Å². The number of ether oxygens (including phenoxy) is 2. The maximum Gasteiger partial charge on any atom is 0.162 e. The highest BCUT2D eigenvalue weighted by Crippen LogP contribution is 2.36. The molecule has 0 radical (unpaired) electrons. The Balaban J connectivity index is 2.54. The second-order valence-corrected chi connectivity index (χ2v) is 4.31. The molecule has 0 saturated heterocycles. The number of nitrogens with one attached hydrogen (secondary N) is 1. The molecule has 0 amide bonds. The fraction of sp³-hybridized carbons (Fsp3) is 0.357. The van der Waals surface area contributed by atoms with E-state index in [0.29, 0.717) is 17.2 Å². The van der Waals surface area contributed by atoms with Crippen molar-refractivity contribution in [2.45, 2.75) is 20.3 Å². The van der Waals surface area contributed by atoms with Gasteiger partial charge >= 0.3 is 0 Å². The highest BCUT2D eigenvalue weighted by Gasteiger charge is 2.14. The summed E-state index contributed by atoms with van der Waals surface area (Å²) in [6.45, 7) is 4.08. The molecule has 0 atom stereocenters. The van der Waals surface area contributed by atoms with Gasteiger partial charge in [-0.25, -0.2) is 4.98 Å². The number of rotatable bonds is 4. The van der Waals surface area contributed by atoms with Crippen molar-refractivity contribution in [1.29, 1.82) is 0 Å². The lowest BCUT2D eigenvalue weighted by Crippen LogP contribution is -1.97. The minimum absolute atomic E-state index is 0.606. The molecule has 19 heavy (non-hydrogen) atoms. The first-order chi connectivity index (χ1) is 9.10. The molecular formula is C14H19N3O2. The molecule has 2 aromatic rings. The van der Waals surface area contributed by atoms with Gasteiger partial charge < -0.3 is 20.2 Å². The predicted octanol–water partition coefficient (Wildman–Crippen LogP) is 2.55. The predicted molar refractivity (Wildman–Crippen MR) is 75.7 cm³/mol. The first-order valence-corrected chi connectivity index (χ1v) is 6.18. The van der Waals surface area contributed by atoms with E-state index in [4.69, 9.17) is 15.2 Å². The summed E-state index contributed by atoms with van der Waals surface area (Å²) in [5.74, 6) is 2.01. The number of benzene rings is 1. The Kier molecular flexibility index (Phi) is 3.64. The monoisotopic (exact) mass is 261 g/mol. The molecule has 3 N–H and O–H groups in total. The van der Waals surface area contributed by atoms with Gasteiger partial charge in [0.1, 0.15) is 5.82 Å². The van der Waals surface area contributed by atoms with Crippen molar-refractivity contribution in [3.63, 3.8) is 0 Å². The Morgan fingerprint density at radius 2 is 1.84 bits per heavy atom.